The number of rotatable bonds is 3. The van der Waals surface area contributed by atoms with Crippen molar-refractivity contribution in [3.8, 4) is 0 Å². The van der Waals surface area contributed by atoms with Crippen LogP contribution >= 0.6 is 0 Å². The number of carbonyl (C=O) groups excluding carboxylic acids is 3. The van der Waals surface area contributed by atoms with Crippen LogP contribution in [0.3, 0.4) is 0 Å². The Balaban J connectivity index is 1.55. The van der Waals surface area contributed by atoms with E-state index in [1.807, 2.05) is 13.0 Å². The monoisotopic (exact) mass is 540 g/mol. The van der Waals surface area contributed by atoms with Crippen LogP contribution in [0.4, 0.5) is 0 Å². The van der Waals surface area contributed by atoms with Crippen LogP contribution in [0.1, 0.15) is 113 Å². The van der Waals surface area contributed by atoms with Gasteiger partial charge in [-0.15, -0.1) is 0 Å². The first-order valence-corrected chi connectivity index (χ1v) is 15.4. The summed E-state index contributed by atoms with van der Waals surface area (Å²) in [6.07, 6.45) is 9.55. The van der Waals surface area contributed by atoms with E-state index in [1.165, 1.54) is 12.5 Å². The first-order chi connectivity index (χ1) is 17.9. The fourth-order valence-electron chi connectivity index (χ4n) is 11.3. The number of aliphatic hydroxyl groups excluding tert-OH is 1. The Hall–Kier alpha value is -1.69. The Morgan fingerprint density at radius 1 is 0.974 bits per heavy atom. The average molecular weight is 541 g/mol. The van der Waals surface area contributed by atoms with E-state index < -0.39 is 11.6 Å². The van der Waals surface area contributed by atoms with Crippen LogP contribution in [0.2, 0.25) is 0 Å². The molecule has 0 aliphatic heterocycles. The van der Waals surface area contributed by atoms with E-state index in [0.717, 1.165) is 57.8 Å². The van der Waals surface area contributed by atoms with E-state index >= 15 is 0 Å². The molecule has 10 atom stereocenters. The van der Waals surface area contributed by atoms with Crippen LogP contribution in [0.5, 0.6) is 0 Å². The van der Waals surface area contributed by atoms with E-state index in [-0.39, 0.29) is 68.3 Å². The molecule has 5 aliphatic carbocycles. The number of fused-ring (bicyclic) bond motifs is 7. The molecule has 0 aromatic heterocycles. The van der Waals surface area contributed by atoms with E-state index in [9.17, 15) is 19.5 Å². The van der Waals surface area contributed by atoms with Gasteiger partial charge < -0.3 is 16.2 Å². The summed E-state index contributed by atoms with van der Waals surface area (Å²) in [6.45, 7) is 17.5. The standard InChI is InChI=1S/C33H52N2O4/c1-19(36)35-26(38)20-9-11-31(6)24(28(20,2)3)10-12-33(8)25(31)23(37)17-21-22-18-30(5,27(34)39)14-13-29(22,4)15-16-32(21,33)7/h17,20,22,24-26,38H,9-16,18H2,1-8H3,(H2,34,39)(H,35,36)/t20-,22+,24?,25+,26?,29+,30-,31-,32+,33+/m0/s1. The van der Waals surface area contributed by atoms with Crippen molar-refractivity contribution < 1.29 is 19.5 Å². The van der Waals surface area contributed by atoms with Gasteiger partial charge in [-0.2, -0.15) is 0 Å². The molecule has 0 bridgehead atoms. The lowest BCUT2D eigenvalue weighted by Gasteiger charge is -2.71. The van der Waals surface area contributed by atoms with E-state index in [0.29, 0.717) is 0 Å². The Morgan fingerprint density at radius 3 is 2.23 bits per heavy atom. The smallest absolute Gasteiger partial charge is 0.223 e. The van der Waals surface area contributed by atoms with Crippen molar-refractivity contribution in [2.45, 2.75) is 119 Å². The molecule has 4 saturated carbocycles. The molecule has 4 N–H and O–H groups in total. The van der Waals surface area contributed by atoms with Crippen molar-refractivity contribution in [2.24, 2.45) is 61.9 Å². The number of carbonyl (C=O) groups is 3. The summed E-state index contributed by atoms with van der Waals surface area (Å²) < 4.78 is 0. The van der Waals surface area contributed by atoms with Crippen molar-refractivity contribution in [3.05, 3.63) is 11.6 Å². The number of amides is 2. The number of hydrogen-bond acceptors (Lipinski definition) is 4. The van der Waals surface area contributed by atoms with Gasteiger partial charge in [0.1, 0.15) is 6.23 Å². The second kappa shape index (κ2) is 8.66. The maximum atomic E-state index is 14.5. The third kappa shape index (κ3) is 3.78. The SMILES string of the molecule is CC(=O)NC(O)[C@@H]1CC[C@@]2(C)C(CC[C@]3(C)[C@@H]2C(=O)C=C2[C@H]4C[C@@](C)(C(N)=O)CC[C@]4(C)CC[C@]23C)C1(C)C. The minimum absolute atomic E-state index is 0.0479. The number of aliphatic hydroxyl groups is 1. The molecule has 6 nitrogen and oxygen atoms in total. The van der Waals surface area contributed by atoms with E-state index in [2.05, 4.69) is 46.9 Å². The molecule has 0 heterocycles. The topological polar surface area (TPSA) is 109 Å². The molecule has 6 heteroatoms. The lowest BCUT2D eigenvalue weighted by Crippen LogP contribution is -2.67. The zero-order valence-electron chi connectivity index (χ0n) is 25.6. The third-order valence-electron chi connectivity index (χ3n) is 14.0. The molecular weight excluding hydrogens is 488 g/mol. The Kier molecular flexibility index (Phi) is 6.40. The summed E-state index contributed by atoms with van der Waals surface area (Å²) in [5, 5.41) is 13.7. The maximum absolute atomic E-state index is 14.5. The van der Waals surface area contributed by atoms with Gasteiger partial charge in [0.2, 0.25) is 11.8 Å². The first-order valence-electron chi connectivity index (χ1n) is 15.4. The molecular formula is C33H52N2O4. The Morgan fingerprint density at radius 2 is 1.62 bits per heavy atom. The molecule has 0 aromatic rings. The Bertz CT molecular complexity index is 1130. The average Bonchev–Trinajstić information content (AvgIpc) is 2.80. The highest BCUT2D eigenvalue weighted by Crippen LogP contribution is 2.75. The maximum Gasteiger partial charge on any atom is 0.223 e. The van der Waals surface area contributed by atoms with Gasteiger partial charge in [-0.05, 0) is 103 Å². The van der Waals surface area contributed by atoms with E-state index in [1.54, 1.807) is 0 Å². The second-order valence-electron chi connectivity index (χ2n) is 16.2. The van der Waals surface area contributed by atoms with Crippen molar-refractivity contribution in [2.75, 3.05) is 0 Å². The molecule has 39 heavy (non-hydrogen) atoms. The summed E-state index contributed by atoms with van der Waals surface area (Å²) in [5.74, 6) is 0.195. The highest BCUT2D eigenvalue weighted by Gasteiger charge is 2.70. The van der Waals surface area contributed by atoms with Gasteiger partial charge in [-0.3, -0.25) is 14.4 Å². The third-order valence-corrected chi connectivity index (χ3v) is 14.0. The van der Waals surface area contributed by atoms with Crippen molar-refractivity contribution in [1.29, 1.82) is 0 Å². The molecule has 2 unspecified atom stereocenters. The lowest BCUT2D eigenvalue weighted by molar-refractivity contribution is -0.202. The van der Waals surface area contributed by atoms with Gasteiger partial charge in [-0.1, -0.05) is 54.0 Å². The Labute approximate surface area is 235 Å². The largest absolute Gasteiger partial charge is 0.373 e. The van der Waals surface area contributed by atoms with Crippen LogP contribution in [-0.4, -0.2) is 28.9 Å². The molecule has 4 fully saturated rings. The number of hydrogen-bond donors (Lipinski definition) is 3. The highest BCUT2D eigenvalue weighted by atomic mass is 16.3. The van der Waals surface area contributed by atoms with Crippen LogP contribution in [-0.2, 0) is 14.4 Å². The van der Waals surface area contributed by atoms with Gasteiger partial charge in [0.15, 0.2) is 5.78 Å². The number of ketones is 1. The molecule has 2 amide bonds. The minimum Gasteiger partial charge on any atom is -0.373 e. The molecule has 0 radical (unpaired) electrons. The van der Waals surface area contributed by atoms with Crippen LogP contribution in [0.25, 0.3) is 0 Å². The summed E-state index contributed by atoms with van der Waals surface area (Å²) in [4.78, 5) is 38.7. The summed E-state index contributed by atoms with van der Waals surface area (Å²) in [6, 6.07) is 0. The fourth-order valence-corrected chi connectivity index (χ4v) is 11.3. The van der Waals surface area contributed by atoms with Gasteiger partial charge in [0, 0.05) is 24.2 Å². The number of nitrogens with two attached hydrogens (primary N) is 1. The normalized spacial score (nSPS) is 49.4. The summed E-state index contributed by atoms with van der Waals surface area (Å²) >= 11 is 0. The van der Waals surface area contributed by atoms with Crippen LogP contribution < -0.4 is 11.1 Å². The lowest BCUT2D eigenvalue weighted by atomic mass is 9.33. The number of primary amides is 1. The quantitative estimate of drug-likeness (QED) is 0.409. The van der Waals surface area contributed by atoms with Gasteiger partial charge in [0.05, 0.1) is 0 Å². The molecule has 5 aliphatic rings. The molecule has 0 spiro atoms. The van der Waals surface area contributed by atoms with Gasteiger partial charge in [-0.25, -0.2) is 0 Å². The molecule has 0 saturated heterocycles. The summed E-state index contributed by atoms with van der Waals surface area (Å²) in [7, 11) is 0. The van der Waals surface area contributed by atoms with Crippen LogP contribution in [0, 0.1) is 56.2 Å². The van der Waals surface area contributed by atoms with Crippen molar-refractivity contribution in [1.82, 2.24) is 5.32 Å². The fraction of sp³-hybridized carbons (Fsp3) is 0.848. The van der Waals surface area contributed by atoms with Crippen LogP contribution in [0.15, 0.2) is 11.6 Å². The van der Waals surface area contributed by atoms with E-state index in [4.69, 9.17) is 5.73 Å². The second-order valence-corrected chi connectivity index (χ2v) is 16.2. The zero-order valence-corrected chi connectivity index (χ0v) is 25.6. The first kappa shape index (κ1) is 28.8. The highest BCUT2D eigenvalue weighted by molar-refractivity contribution is 5.95. The number of nitrogens with one attached hydrogen (secondary N) is 1. The molecule has 5 rings (SSSR count). The minimum atomic E-state index is -0.872. The molecule has 218 valence electrons. The number of allylic oxidation sites excluding steroid dienone is 2. The summed E-state index contributed by atoms with van der Waals surface area (Å²) in [5.41, 5.74) is 6.14. The van der Waals surface area contributed by atoms with Gasteiger partial charge in [0.25, 0.3) is 0 Å². The predicted octanol–water partition coefficient (Wildman–Crippen LogP) is 5.52. The zero-order chi connectivity index (χ0) is 29.0. The van der Waals surface area contributed by atoms with Crippen molar-refractivity contribution in [3.63, 3.8) is 0 Å². The predicted molar refractivity (Wildman–Crippen MR) is 152 cm³/mol. The van der Waals surface area contributed by atoms with Crippen molar-refractivity contribution >= 4 is 17.6 Å². The molecule has 0 aromatic carbocycles. The van der Waals surface area contributed by atoms with Gasteiger partial charge >= 0.3 is 0 Å².